The van der Waals surface area contributed by atoms with Gasteiger partial charge in [-0.2, -0.15) is 11.8 Å². The van der Waals surface area contributed by atoms with Gasteiger partial charge in [0, 0.05) is 36.4 Å². The largest absolute Gasteiger partial charge is 0.387 e. The summed E-state index contributed by atoms with van der Waals surface area (Å²) in [7, 11) is 1.81. The molecule has 0 aliphatic heterocycles. The van der Waals surface area contributed by atoms with E-state index in [4.69, 9.17) is 0 Å². The van der Waals surface area contributed by atoms with Crippen molar-refractivity contribution in [1.82, 2.24) is 10.3 Å². The van der Waals surface area contributed by atoms with Crippen LogP contribution < -0.4 is 10.6 Å². The normalized spacial score (nSPS) is 17.2. The van der Waals surface area contributed by atoms with Crippen molar-refractivity contribution in [1.29, 1.82) is 0 Å². The first-order valence-electron chi connectivity index (χ1n) is 6.66. The van der Waals surface area contributed by atoms with Gasteiger partial charge in [-0.15, -0.1) is 0 Å². The summed E-state index contributed by atoms with van der Waals surface area (Å²) in [5.74, 6) is -0.0437. The lowest BCUT2D eigenvalue weighted by Gasteiger charge is -2.27. The Kier molecular flexibility index (Phi) is 4.69. The van der Waals surface area contributed by atoms with Gasteiger partial charge in [0.05, 0.1) is 5.56 Å². The molecule has 0 saturated heterocycles. The Morgan fingerprint density at radius 1 is 1.47 bits per heavy atom. The lowest BCUT2D eigenvalue weighted by molar-refractivity contribution is 0.0950. The van der Waals surface area contributed by atoms with Gasteiger partial charge in [0.25, 0.3) is 5.91 Å². The van der Waals surface area contributed by atoms with Crippen molar-refractivity contribution in [2.24, 2.45) is 0 Å². The molecule has 0 spiro atoms. The first-order chi connectivity index (χ1) is 9.21. The molecule has 0 radical (unpaired) electrons. The summed E-state index contributed by atoms with van der Waals surface area (Å²) in [5.41, 5.74) is 1.43. The highest BCUT2D eigenvalue weighted by atomic mass is 32.2. The molecule has 1 aliphatic rings. The summed E-state index contributed by atoms with van der Waals surface area (Å²) in [6.07, 6.45) is 10.4. The van der Waals surface area contributed by atoms with Crippen molar-refractivity contribution in [3.05, 3.63) is 24.0 Å². The summed E-state index contributed by atoms with van der Waals surface area (Å²) >= 11 is 1.88. The molecule has 0 atom stereocenters. The first kappa shape index (κ1) is 14.2. The second kappa shape index (κ2) is 6.28. The fourth-order valence-corrected chi connectivity index (χ4v) is 3.52. The first-order valence-corrected chi connectivity index (χ1v) is 7.88. The zero-order valence-corrected chi connectivity index (χ0v) is 12.3. The molecular formula is C14H21N3OS. The number of amides is 1. The Balaban J connectivity index is 2.01. The van der Waals surface area contributed by atoms with Crippen LogP contribution in [-0.4, -0.2) is 35.5 Å². The molecule has 104 valence electrons. The number of carbonyl (C=O) groups is 1. The van der Waals surface area contributed by atoms with Gasteiger partial charge in [-0.3, -0.25) is 9.78 Å². The third kappa shape index (κ3) is 3.21. The SMILES string of the molecule is CNc1ccncc1C(=O)NCC1(SC)CCCC1. The van der Waals surface area contributed by atoms with Gasteiger partial charge in [0.1, 0.15) is 0 Å². The molecule has 0 unspecified atom stereocenters. The number of carbonyl (C=O) groups excluding carboxylic acids is 1. The highest BCUT2D eigenvalue weighted by Gasteiger charge is 2.33. The molecule has 19 heavy (non-hydrogen) atoms. The predicted molar refractivity (Wildman–Crippen MR) is 80.8 cm³/mol. The van der Waals surface area contributed by atoms with Crippen molar-refractivity contribution < 1.29 is 4.79 Å². The minimum absolute atomic E-state index is 0.0437. The van der Waals surface area contributed by atoms with Gasteiger partial charge >= 0.3 is 0 Å². The van der Waals surface area contributed by atoms with Crippen LogP contribution in [0.3, 0.4) is 0 Å². The number of anilines is 1. The molecule has 1 aromatic rings. The van der Waals surface area contributed by atoms with Gasteiger partial charge < -0.3 is 10.6 Å². The average molecular weight is 279 g/mol. The Morgan fingerprint density at radius 3 is 2.84 bits per heavy atom. The van der Waals surface area contributed by atoms with Gasteiger partial charge in [0.15, 0.2) is 0 Å². The predicted octanol–water partition coefficient (Wildman–Crippen LogP) is 2.53. The molecule has 0 bridgehead atoms. The lowest BCUT2D eigenvalue weighted by atomic mass is 10.1. The standard InChI is InChI=1S/C14H21N3OS/c1-15-12-5-8-16-9-11(12)13(18)17-10-14(19-2)6-3-4-7-14/h5,8-9H,3-4,6-7,10H2,1-2H3,(H,15,16)(H,17,18). The molecule has 1 aromatic heterocycles. The molecule has 0 aromatic carbocycles. The molecule has 1 fully saturated rings. The molecule has 1 saturated carbocycles. The Labute approximate surface area is 118 Å². The molecule has 4 nitrogen and oxygen atoms in total. The van der Waals surface area contributed by atoms with Crippen molar-refractivity contribution in [3.63, 3.8) is 0 Å². The Morgan fingerprint density at radius 2 is 2.21 bits per heavy atom. The van der Waals surface area contributed by atoms with E-state index < -0.39 is 0 Å². The number of nitrogens with zero attached hydrogens (tertiary/aromatic N) is 1. The minimum atomic E-state index is -0.0437. The smallest absolute Gasteiger partial charge is 0.255 e. The third-order valence-electron chi connectivity index (χ3n) is 3.85. The number of rotatable bonds is 5. The molecule has 1 amide bonds. The van der Waals surface area contributed by atoms with E-state index in [1.807, 2.05) is 24.9 Å². The summed E-state index contributed by atoms with van der Waals surface area (Å²) in [4.78, 5) is 16.3. The highest BCUT2D eigenvalue weighted by molar-refractivity contribution is 8.00. The van der Waals surface area contributed by atoms with Crippen LogP contribution in [-0.2, 0) is 0 Å². The zero-order chi connectivity index (χ0) is 13.7. The minimum Gasteiger partial charge on any atom is -0.387 e. The van der Waals surface area contributed by atoms with Crippen molar-refractivity contribution >= 4 is 23.4 Å². The second-order valence-corrected chi connectivity index (χ2v) is 6.22. The summed E-state index contributed by atoms with van der Waals surface area (Å²) in [5, 5.41) is 6.09. The van der Waals surface area contributed by atoms with Gasteiger partial charge in [-0.25, -0.2) is 0 Å². The van der Waals surface area contributed by atoms with Crippen LogP contribution in [0.25, 0.3) is 0 Å². The fourth-order valence-electron chi connectivity index (χ4n) is 2.60. The molecule has 5 heteroatoms. The zero-order valence-electron chi connectivity index (χ0n) is 11.5. The Hall–Kier alpha value is -1.23. The van der Waals surface area contributed by atoms with Gasteiger partial charge in [-0.05, 0) is 25.2 Å². The van der Waals surface area contributed by atoms with Gasteiger partial charge in [-0.1, -0.05) is 12.8 Å². The van der Waals surface area contributed by atoms with Crippen molar-refractivity contribution in [2.75, 3.05) is 25.2 Å². The number of hydrogen-bond acceptors (Lipinski definition) is 4. The topological polar surface area (TPSA) is 54.0 Å². The van der Waals surface area contributed by atoms with Crippen LogP contribution >= 0.6 is 11.8 Å². The maximum Gasteiger partial charge on any atom is 0.255 e. The van der Waals surface area contributed by atoms with Crippen molar-refractivity contribution in [2.45, 2.75) is 30.4 Å². The van der Waals surface area contributed by atoms with E-state index in [-0.39, 0.29) is 10.7 Å². The van der Waals surface area contributed by atoms with Gasteiger partial charge in [0.2, 0.25) is 0 Å². The molecule has 2 rings (SSSR count). The Bertz CT molecular complexity index is 444. The number of hydrogen-bond donors (Lipinski definition) is 2. The van der Waals surface area contributed by atoms with Crippen LogP contribution in [0.5, 0.6) is 0 Å². The molecule has 1 heterocycles. The van der Waals surface area contributed by atoms with Crippen LogP contribution in [0.4, 0.5) is 5.69 Å². The van der Waals surface area contributed by atoms with Crippen LogP contribution in [0, 0.1) is 0 Å². The van der Waals surface area contributed by atoms with Crippen LogP contribution in [0.2, 0.25) is 0 Å². The number of pyridine rings is 1. The summed E-state index contributed by atoms with van der Waals surface area (Å²) in [6.45, 7) is 0.741. The highest BCUT2D eigenvalue weighted by Crippen LogP contribution is 2.39. The fraction of sp³-hybridized carbons (Fsp3) is 0.571. The van der Waals surface area contributed by atoms with E-state index in [0.29, 0.717) is 5.56 Å². The quantitative estimate of drug-likeness (QED) is 0.869. The van der Waals surface area contributed by atoms with E-state index in [9.17, 15) is 4.79 Å². The van der Waals surface area contributed by atoms with Crippen molar-refractivity contribution in [3.8, 4) is 0 Å². The molecule has 2 N–H and O–H groups in total. The van der Waals surface area contributed by atoms with E-state index in [0.717, 1.165) is 12.2 Å². The number of thioether (sulfide) groups is 1. The maximum atomic E-state index is 12.2. The van der Waals surface area contributed by atoms with Crippen LogP contribution in [0.15, 0.2) is 18.5 Å². The number of nitrogens with one attached hydrogen (secondary N) is 2. The summed E-state index contributed by atoms with van der Waals surface area (Å²) < 4.78 is 0.234. The monoisotopic (exact) mass is 279 g/mol. The summed E-state index contributed by atoms with van der Waals surface area (Å²) in [6, 6.07) is 1.81. The van der Waals surface area contributed by atoms with E-state index in [1.165, 1.54) is 25.7 Å². The maximum absolute atomic E-state index is 12.2. The number of aromatic nitrogens is 1. The lowest BCUT2D eigenvalue weighted by Crippen LogP contribution is -2.38. The molecule has 1 aliphatic carbocycles. The van der Waals surface area contributed by atoms with E-state index in [2.05, 4.69) is 21.9 Å². The second-order valence-electron chi connectivity index (χ2n) is 4.95. The third-order valence-corrected chi connectivity index (χ3v) is 5.27. The molecular weight excluding hydrogens is 258 g/mol. The average Bonchev–Trinajstić information content (AvgIpc) is 2.94. The van der Waals surface area contributed by atoms with E-state index >= 15 is 0 Å². The van der Waals surface area contributed by atoms with E-state index in [1.54, 1.807) is 12.4 Å². The van der Waals surface area contributed by atoms with Crippen LogP contribution in [0.1, 0.15) is 36.0 Å².